The van der Waals surface area contributed by atoms with E-state index in [9.17, 15) is 0 Å². The van der Waals surface area contributed by atoms with Crippen molar-refractivity contribution in [1.29, 1.82) is 0 Å². The molecule has 4 aromatic carbocycles. The second kappa shape index (κ2) is 53.0. The molecule has 3 nitrogen and oxygen atoms in total. The van der Waals surface area contributed by atoms with E-state index < -0.39 is 0 Å². The molecule has 0 saturated heterocycles. The molecule has 10 aliphatic rings. The third-order valence-electron chi connectivity index (χ3n) is 24.0. The summed E-state index contributed by atoms with van der Waals surface area (Å²) in [5.74, 6) is 2.60. The van der Waals surface area contributed by atoms with Crippen LogP contribution in [0.15, 0.2) is 121 Å². The van der Waals surface area contributed by atoms with Gasteiger partial charge in [0.15, 0.2) is 0 Å². The topological polar surface area (TPSA) is 9.72 Å². The average molecular weight is 1650 g/mol. The third-order valence-corrected chi connectivity index (χ3v) is 35.6. The number of rotatable bonds is 16. The fourth-order valence-electron chi connectivity index (χ4n) is 18.7. The summed E-state index contributed by atoms with van der Waals surface area (Å²) in [4.78, 5) is 8.26. The van der Waals surface area contributed by atoms with E-state index in [1.165, 1.54) is 262 Å². The van der Waals surface area contributed by atoms with Gasteiger partial charge in [0.1, 0.15) is 0 Å². The predicted molar refractivity (Wildman–Crippen MR) is 419 cm³/mol. The minimum Gasteiger partial charge on any atom is -0.306 e. The molecule has 10 saturated carbocycles. The summed E-state index contributed by atoms with van der Waals surface area (Å²) >= 11 is 3.54. The maximum absolute atomic E-state index is 3.54. The van der Waals surface area contributed by atoms with Crippen molar-refractivity contribution in [2.45, 2.75) is 328 Å². The van der Waals surface area contributed by atoms with Crippen molar-refractivity contribution < 1.29 is 85.3 Å². The summed E-state index contributed by atoms with van der Waals surface area (Å²) in [6.45, 7) is 4.91. The van der Waals surface area contributed by atoms with Crippen molar-refractivity contribution in [2.75, 3.05) is 42.3 Å². The SMILES string of the molecule is BrC1CCCC1.C1CCCC1.C1CCCC1.C1CCCC1.CN(C)[C@H](c1ccccc1)C1CCCC1P(c1ccccc1)C1CCCC1.C[C@H](C1CCCC1P(c1ccccc1)C1CCCC1)N(C)C.C[C@H](C1CCCC1P(c1ccccc1)C1CCCC1)N(C)C.[Fe].[Fe].[Fe].[Fe].[Fe]. The van der Waals surface area contributed by atoms with E-state index in [2.05, 4.69) is 208 Å². The van der Waals surface area contributed by atoms with Crippen molar-refractivity contribution in [3.05, 3.63) is 127 Å². The summed E-state index contributed by atoms with van der Waals surface area (Å²) in [5, 5.41) is 5.04. The molecule has 0 heterocycles. The van der Waals surface area contributed by atoms with Crippen LogP contribution in [-0.2, 0) is 85.3 Å². The van der Waals surface area contributed by atoms with Gasteiger partial charge >= 0.3 is 0 Å². The Morgan fingerprint density at radius 2 is 0.515 bits per heavy atom. The maximum atomic E-state index is 3.54. The smallest absolute Gasteiger partial charge is 0.0376 e. The minimum atomic E-state index is -0.0716. The third kappa shape index (κ3) is 30.4. The van der Waals surface area contributed by atoms with Gasteiger partial charge in [0.05, 0.1) is 0 Å². The first kappa shape index (κ1) is 92.3. The maximum Gasteiger partial charge on any atom is 0.0376 e. The van der Waals surface area contributed by atoms with Gasteiger partial charge in [0, 0.05) is 108 Å². The molecule has 97 heavy (non-hydrogen) atoms. The van der Waals surface area contributed by atoms with E-state index in [-0.39, 0.29) is 109 Å². The molecule has 12 heteroatoms. The van der Waals surface area contributed by atoms with Gasteiger partial charge in [-0.1, -0.05) is 328 Å². The quantitative estimate of drug-likeness (QED) is 0.0629. The number of halogens is 1. The van der Waals surface area contributed by atoms with Crippen LogP contribution in [0.1, 0.15) is 282 Å². The Labute approximate surface area is 663 Å². The molecule has 0 spiro atoms. The molecule has 0 radical (unpaired) electrons. The van der Waals surface area contributed by atoms with Gasteiger partial charge in [-0.3, -0.25) is 0 Å². The number of nitrogens with zero attached hydrogens (tertiary/aromatic N) is 3. The standard InChI is InChI=1S/C25H34NP.2C20H32NP.C5H9Br.3C5H10.5Fe/c1-26(2)25(20-12-5-3-6-13-20)23-18-11-19-24(23)27(22-16-9-10-17-22)21-14-7-4-8-15-21;2*1-16(21(2)3)19-14-9-15-20(19)22(18-12-7-8-13-18)17-10-5-4-6-11-17;6-5-3-1-2-4-5;3*1-2-4-5-3-1;;;;;/h3-8,12-15,22-25H,9-11,16-19H2,1-2H3;2*4-6,10-11,16,18-20H,7-9,12-15H2,1-3H3;5H,1-4H2;3*1-5H2;;;;;/t23?,24?,25-,27?;2*16-,19?,20?,22?;;;;;;;;;/m111........./s1. The molecular formula is C85H137BrFe5N3P3. The summed E-state index contributed by atoms with van der Waals surface area (Å²) < 4.78 is 0. The fourth-order valence-corrected chi connectivity index (χ4v) is 31.4. The number of alkyl halides is 1. The molecule has 0 bridgehead atoms. The summed E-state index contributed by atoms with van der Waals surface area (Å²) in [6.07, 6.45) is 58.8. The molecule has 10 aliphatic carbocycles. The van der Waals surface area contributed by atoms with Crippen LogP contribution in [0.3, 0.4) is 0 Å². The zero-order chi connectivity index (χ0) is 64.7. The van der Waals surface area contributed by atoms with Crippen molar-refractivity contribution in [2.24, 2.45) is 17.8 Å². The van der Waals surface area contributed by atoms with Gasteiger partial charge < -0.3 is 14.7 Å². The minimum absolute atomic E-state index is 0. The Hall–Kier alpha value is 1.13. The van der Waals surface area contributed by atoms with Crippen LogP contribution in [0.4, 0.5) is 0 Å². The average Bonchev–Trinajstić information content (AvgIpc) is 1.66. The van der Waals surface area contributed by atoms with E-state index in [0.29, 0.717) is 6.04 Å². The first-order valence-corrected chi connectivity index (χ1v) is 44.6. The first-order chi connectivity index (χ1) is 45.0. The molecule has 14 rings (SSSR count). The van der Waals surface area contributed by atoms with Gasteiger partial charge in [0.25, 0.3) is 0 Å². The Bertz CT molecular complexity index is 2340. The molecule has 554 valence electrons. The van der Waals surface area contributed by atoms with Crippen LogP contribution >= 0.6 is 39.7 Å². The van der Waals surface area contributed by atoms with Gasteiger partial charge in [0.2, 0.25) is 0 Å². The van der Waals surface area contributed by atoms with Crippen molar-refractivity contribution in [1.82, 2.24) is 14.7 Å². The normalized spacial score (nSPS) is 25.6. The van der Waals surface area contributed by atoms with Crippen LogP contribution in [0, 0.1) is 17.8 Å². The van der Waals surface area contributed by atoms with Gasteiger partial charge in [-0.25, -0.2) is 0 Å². The van der Waals surface area contributed by atoms with E-state index in [4.69, 9.17) is 0 Å². The van der Waals surface area contributed by atoms with Crippen LogP contribution in [0.25, 0.3) is 0 Å². The van der Waals surface area contributed by atoms with E-state index in [1.54, 1.807) is 15.9 Å². The van der Waals surface area contributed by atoms with E-state index >= 15 is 0 Å². The number of hydrogen-bond acceptors (Lipinski definition) is 3. The molecule has 0 aliphatic heterocycles. The Morgan fingerprint density at radius 3 is 0.753 bits per heavy atom. The Kier molecular flexibility index (Phi) is 50.5. The van der Waals surface area contributed by atoms with Crippen LogP contribution in [0.5, 0.6) is 0 Å². The molecule has 10 fully saturated rings. The number of benzene rings is 4. The Balaban J connectivity index is 0.000000321. The summed E-state index contributed by atoms with van der Waals surface area (Å²) in [5.41, 5.74) is 7.24. The Morgan fingerprint density at radius 1 is 0.278 bits per heavy atom. The second-order valence-electron chi connectivity index (χ2n) is 30.9. The molecular weight excluding hydrogens is 1520 g/mol. The van der Waals surface area contributed by atoms with Crippen LogP contribution in [0.2, 0.25) is 0 Å². The van der Waals surface area contributed by atoms with Crippen molar-refractivity contribution >= 4 is 55.6 Å². The van der Waals surface area contributed by atoms with Crippen LogP contribution < -0.4 is 15.9 Å². The molecule has 9 unspecified atom stereocenters. The van der Waals surface area contributed by atoms with E-state index in [0.717, 1.165) is 68.6 Å². The van der Waals surface area contributed by atoms with Gasteiger partial charge in [-0.15, -0.1) is 0 Å². The first-order valence-electron chi connectivity index (χ1n) is 39.2. The zero-order valence-corrected chi connectivity index (χ0v) is 72.0. The molecule has 0 amide bonds. The van der Waals surface area contributed by atoms with E-state index in [1.807, 2.05) is 0 Å². The monoisotopic (exact) mass is 1650 g/mol. The predicted octanol–water partition coefficient (Wildman–Crippen LogP) is 24.1. The largest absolute Gasteiger partial charge is 0.306 e. The van der Waals surface area contributed by atoms with Gasteiger partial charge in [-0.2, -0.15) is 0 Å². The molecule has 12 atom stereocenters. The van der Waals surface area contributed by atoms with Gasteiger partial charge in [-0.05, 0) is 219 Å². The van der Waals surface area contributed by atoms with Crippen LogP contribution in [-0.4, -0.2) is 108 Å². The molecule has 0 aromatic heterocycles. The fraction of sp³-hybridized carbons (Fsp3) is 0.718. The molecule has 0 N–H and O–H groups in total. The summed E-state index contributed by atoms with van der Waals surface area (Å²) in [7, 11) is 13.6. The van der Waals surface area contributed by atoms with Crippen molar-refractivity contribution in [3.8, 4) is 0 Å². The second-order valence-corrected chi connectivity index (χ2v) is 40.4. The molecule has 4 aromatic rings. The number of hydrogen-bond donors (Lipinski definition) is 0. The zero-order valence-electron chi connectivity index (χ0n) is 62.2. The summed E-state index contributed by atoms with van der Waals surface area (Å²) in [6, 6.07) is 48.0. The van der Waals surface area contributed by atoms with Crippen molar-refractivity contribution in [3.63, 3.8) is 0 Å².